The molecule has 0 aromatic carbocycles. The number of ether oxygens (including phenoxy) is 1. The number of morpholine rings is 1. The number of H-pyrrole nitrogens is 1. The molecule has 1 amide bonds. The molecule has 32 heavy (non-hydrogen) atoms. The number of aromatic nitrogens is 5. The van der Waals surface area contributed by atoms with Gasteiger partial charge in [-0.3, -0.25) is 9.48 Å². The van der Waals surface area contributed by atoms with Gasteiger partial charge in [0.15, 0.2) is 17.3 Å². The number of aliphatic hydroxyl groups excluding tert-OH is 1. The van der Waals surface area contributed by atoms with E-state index in [1.807, 2.05) is 11.8 Å². The SMILES string of the molecule is Cc1nn(C)cc1-c1nc2[nH]c(C(=O)N3CCC(O)CC3)nc2c(N2CCOCC2)c1F. The molecule has 5 heterocycles. The van der Waals surface area contributed by atoms with E-state index in [2.05, 4.69) is 20.1 Å². The number of nitrogens with one attached hydrogen (secondary N) is 1. The van der Waals surface area contributed by atoms with Gasteiger partial charge < -0.3 is 24.6 Å². The lowest BCUT2D eigenvalue weighted by Gasteiger charge is -2.29. The van der Waals surface area contributed by atoms with Crippen LogP contribution in [-0.4, -0.2) is 86.1 Å². The van der Waals surface area contributed by atoms with Gasteiger partial charge in [0.25, 0.3) is 5.91 Å². The van der Waals surface area contributed by atoms with E-state index in [0.29, 0.717) is 80.3 Å². The molecule has 2 aliphatic heterocycles. The number of pyridine rings is 1. The monoisotopic (exact) mass is 443 g/mol. The summed E-state index contributed by atoms with van der Waals surface area (Å²) >= 11 is 0. The summed E-state index contributed by atoms with van der Waals surface area (Å²) in [6.07, 6.45) is 2.41. The highest BCUT2D eigenvalue weighted by molar-refractivity contribution is 5.97. The van der Waals surface area contributed by atoms with Crippen molar-refractivity contribution in [3.05, 3.63) is 23.5 Å². The molecule has 2 aliphatic rings. The van der Waals surface area contributed by atoms with Crippen molar-refractivity contribution in [3.63, 3.8) is 0 Å². The van der Waals surface area contributed by atoms with Gasteiger partial charge in [-0.05, 0) is 19.8 Å². The zero-order chi connectivity index (χ0) is 22.4. The molecule has 10 nitrogen and oxygen atoms in total. The largest absolute Gasteiger partial charge is 0.393 e. The number of aliphatic hydroxyl groups is 1. The van der Waals surface area contributed by atoms with Crippen molar-refractivity contribution in [2.24, 2.45) is 7.05 Å². The van der Waals surface area contributed by atoms with Crippen LogP contribution >= 0.6 is 0 Å². The predicted octanol–water partition coefficient (Wildman–Crippen LogP) is 1.24. The molecule has 3 aromatic heterocycles. The number of anilines is 1. The average Bonchev–Trinajstić information content (AvgIpc) is 3.36. The fourth-order valence-corrected chi connectivity index (χ4v) is 4.39. The number of halogens is 1. The van der Waals surface area contributed by atoms with Crippen LogP contribution in [0.25, 0.3) is 22.4 Å². The summed E-state index contributed by atoms with van der Waals surface area (Å²) in [7, 11) is 1.78. The van der Waals surface area contributed by atoms with Gasteiger partial charge in [-0.25, -0.2) is 14.4 Å². The Labute approximate surface area is 184 Å². The van der Waals surface area contributed by atoms with Gasteiger partial charge in [0, 0.05) is 45.0 Å². The fraction of sp³-hybridized carbons (Fsp3) is 0.524. The molecule has 0 unspecified atom stereocenters. The van der Waals surface area contributed by atoms with Gasteiger partial charge in [0.05, 0.1) is 25.0 Å². The average molecular weight is 443 g/mol. The summed E-state index contributed by atoms with van der Waals surface area (Å²) in [5.74, 6) is -0.637. The first-order valence-electron chi connectivity index (χ1n) is 10.8. The number of fused-ring (bicyclic) bond motifs is 1. The molecule has 11 heteroatoms. The van der Waals surface area contributed by atoms with Crippen LogP contribution in [0, 0.1) is 12.7 Å². The Morgan fingerprint density at radius 2 is 1.94 bits per heavy atom. The van der Waals surface area contributed by atoms with E-state index in [1.165, 1.54) is 0 Å². The van der Waals surface area contributed by atoms with Crippen LogP contribution < -0.4 is 4.90 Å². The van der Waals surface area contributed by atoms with Crippen molar-refractivity contribution in [1.82, 2.24) is 29.6 Å². The third-order valence-electron chi connectivity index (χ3n) is 6.10. The number of amides is 1. The number of likely N-dealkylation sites (tertiary alicyclic amines) is 1. The minimum Gasteiger partial charge on any atom is -0.393 e. The number of aromatic amines is 1. The minimum atomic E-state index is -0.484. The second-order valence-electron chi connectivity index (χ2n) is 8.33. The maximum atomic E-state index is 15.9. The first-order chi connectivity index (χ1) is 15.4. The Morgan fingerprint density at radius 1 is 1.22 bits per heavy atom. The molecule has 0 aliphatic carbocycles. The molecular formula is C21H26FN7O3. The number of rotatable bonds is 3. The van der Waals surface area contributed by atoms with Gasteiger partial charge in [0.1, 0.15) is 16.9 Å². The molecule has 0 bridgehead atoms. The van der Waals surface area contributed by atoms with E-state index in [-0.39, 0.29) is 23.5 Å². The Kier molecular flexibility index (Phi) is 5.30. The molecule has 0 radical (unpaired) electrons. The number of nitrogens with zero attached hydrogens (tertiary/aromatic N) is 6. The third kappa shape index (κ3) is 3.61. The number of imidazole rings is 1. The van der Waals surface area contributed by atoms with Crippen LogP contribution in [0.15, 0.2) is 6.20 Å². The Bertz CT molecular complexity index is 1160. The Morgan fingerprint density at radius 3 is 2.59 bits per heavy atom. The highest BCUT2D eigenvalue weighted by Crippen LogP contribution is 2.35. The number of piperidine rings is 1. The van der Waals surface area contributed by atoms with E-state index in [0.717, 1.165) is 0 Å². The molecule has 3 aromatic rings. The van der Waals surface area contributed by atoms with Gasteiger partial charge in [-0.2, -0.15) is 5.10 Å². The highest BCUT2D eigenvalue weighted by Gasteiger charge is 2.29. The van der Waals surface area contributed by atoms with Crippen molar-refractivity contribution in [1.29, 1.82) is 0 Å². The summed E-state index contributed by atoms with van der Waals surface area (Å²) in [6.45, 7) is 4.71. The zero-order valence-electron chi connectivity index (χ0n) is 18.1. The van der Waals surface area contributed by atoms with Crippen molar-refractivity contribution in [2.45, 2.75) is 25.9 Å². The molecule has 0 spiro atoms. The second kappa shape index (κ2) is 8.14. The Hall–Kier alpha value is -3.05. The number of aryl methyl sites for hydroxylation is 2. The molecule has 170 valence electrons. The molecule has 2 fully saturated rings. The second-order valence-corrected chi connectivity index (χ2v) is 8.33. The maximum absolute atomic E-state index is 15.9. The van der Waals surface area contributed by atoms with Crippen LogP contribution in [-0.2, 0) is 11.8 Å². The lowest BCUT2D eigenvalue weighted by Crippen LogP contribution is -2.40. The van der Waals surface area contributed by atoms with Crippen LogP contribution in [0.5, 0.6) is 0 Å². The van der Waals surface area contributed by atoms with Crippen molar-refractivity contribution in [2.75, 3.05) is 44.3 Å². The molecule has 2 N–H and O–H groups in total. The van der Waals surface area contributed by atoms with E-state index in [9.17, 15) is 9.90 Å². The molecule has 0 saturated carbocycles. The first kappa shape index (κ1) is 20.8. The van der Waals surface area contributed by atoms with Crippen molar-refractivity contribution < 1.29 is 19.0 Å². The summed E-state index contributed by atoms with van der Waals surface area (Å²) in [6, 6.07) is 0. The highest BCUT2D eigenvalue weighted by atomic mass is 19.1. The topological polar surface area (TPSA) is 112 Å². The van der Waals surface area contributed by atoms with Crippen LogP contribution in [0.3, 0.4) is 0 Å². The maximum Gasteiger partial charge on any atom is 0.289 e. The molecule has 0 atom stereocenters. The Balaban J connectivity index is 1.63. The number of hydrogen-bond donors (Lipinski definition) is 2. The summed E-state index contributed by atoms with van der Waals surface area (Å²) in [5, 5.41) is 14.1. The van der Waals surface area contributed by atoms with Gasteiger partial charge in [-0.15, -0.1) is 0 Å². The number of carbonyl (C=O) groups excluding carboxylic acids is 1. The van der Waals surface area contributed by atoms with Crippen molar-refractivity contribution in [3.8, 4) is 11.3 Å². The third-order valence-corrected chi connectivity index (χ3v) is 6.10. The summed E-state index contributed by atoms with van der Waals surface area (Å²) in [5.41, 5.74) is 2.43. The quantitative estimate of drug-likeness (QED) is 0.626. The lowest BCUT2D eigenvalue weighted by atomic mass is 10.1. The smallest absolute Gasteiger partial charge is 0.289 e. The molecular weight excluding hydrogens is 417 g/mol. The van der Waals surface area contributed by atoms with Gasteiger partial charge in [0.2, 0.25) is 0 Å². The molecule has 5 rings (SSSR count). The van der Waals surface area contributed by atoms with Crippen molar-refractivity contribution >= 4 is 22.8 Å². The summed E-state index contributed by atoms with van der Waals surface area (Å²) in [4.78, 5) is 28.6. The van der Waals surface area contributed by atoms with E-state index in [1.54, 1.807) is 22.8 Å². The number of carbonyl (C=O) groups is 1. The van der Waals surface area contributed by atoms with E-state index < -0.39 is 5.82 Å². The van der Waals surface area contributed by atoms with E-state index >= 15 is 4.39 Å². The fourth-order valence-electron chi connectivity index (χ4n) is 4.39. The predicted molar refractivity (Wildman–Crippen MR) is 115 cm³/mol. The normalized spacial score (nSPS) is 18.0. The zero-order valence-corrected chi connectivity index (χ0v) is 18.1. The molecule has 2 saturated heterocycles. The summed E-state index contributed by atoms with van der Waals surface area (Å²) < 4.78 is 23.0. The van der Waals surface area contributed by atoms with Crippen LogP contribution in [0.4, 0.5) is 10.1 Å². The van der Waals surface area contributed by atoms with Gasteiger partial charge >= 0.3 is 0 Å². The first-order valence-corrected chi connectivity index (χ1v) is 10.8. The van der Waals surface area contributed by atoms with E-state index in [4.69, 9.17) is 4.74 Å². The minimum absolute atomic E-state index is 0.123. The van der Waals surface area contributed by atoms with Crippen LogP contribution in [0.1, 0.15) is 29.2 Å². The standard InChI is InChI=1S/C21H26FN7O3/c1-12-14(11-27(2)26-12)16-15(22)18(28-7-9-32-10-8-28)17-19(23-16)25-20(24-17)21(31)29-5-3-13(30)4-6-29/h11,13,30H,3-10H2,1-2H3,(H,23,24,25). The number of hydrogen-bond acceptors (Lipinski definition) is 7. The lowest BCUT2D eigenvalue weighted by molar-refractivity contribution is 0.0537. The van der Waals surface area contributed by atoms with Gasteiger partial charge in [-0.1, -0.05) is 0 Å². The van der Waals surface area contributed by atoms with Crippen LogP contribution in [0.2, 0.25) is 0 Å².